The van der Waals surface area contributed by atoms with E-state index in [0.29, 0.717) is 12.1 Å². The van der Waals surface area contributed by atoms with Gasteiger partial charge in [-0.1, -0.05) is 40.2 Å². The van der Waals surface area contributed by atoms with Gasteiger partial charge < -0.3 is 11.1 Å². The molecular weight excluding hydrogens is 316 g/mol. The Labute approximate surface area is 127 Å². The Balaban J connectivity index is 1.95. The highest BCUT2D eigenvalue weighted by Gasteiger charge is 2.10. The Morgan fingerprint density at radius 2 is 1.95 bits per heavy atom. The highest BCUT2D eigenvalue weighted by molar-refractivity contribution is 9.10. The molecule has 2 aromatic rings. The quantitative estimate of drug-likeness (QED) is 0.842. The molecule has 1 amide bonds. The number of anilines is 1. The molecule has 1 atom stereocenters. The van der Waals surface area contributed by atoms with Crippen LogP contribution in [0.4, 0.5) is 5.69 Å². The first-order valence-electron chi connectivity index (χ1n) is 6.44. The zero-order chi connectivity index (χ0) is 14.5. The molecule has 0 fully saturated rings. The number of nitrogens with two attached hydrogens (primary N) is 1. The Kier molecular flexibility index (Phi) is 4.79. The highest BCUT2D eigenvalue weighted by atomic mass is 79.9. The van der Waals surface area contributed by atoms with Crippen molar-refractivity contribution < 1.29 is 4.79 Å². The van der Waals surface area contributed by atoms with Crippen LogP contribution in [0.2, 0.25) is 0 Å². The van der Waals surface area contributed by atoms with Crippen LogP contribution in [0.25, 0.3) is 0 Å². The van der Waals surface area contributed by atoms with Gasteiger partial charge in [0.2, 0.25) is 5.91 Å². The number of nitrogens with one attached hydrogen (secondary N) is 1. The standard InChI is InChI=1S/C16H17BrN2O/c1-11(13-5-7-14(17)8-6-13)19-16(20)10-12-3-2-4-15(18)9-12/h2-9,11H,10,18H2,1H3,(H,19,20). The Morgan fingerprint density at radius 1 is 1.25 bits per heavy atom. The smallest absolute Gasteiger partial charge is 0.224 e. The first-order chi connectivity index (χ1) is 9.54. The van der Waals surface area contributed by atoms with Crippen LogP contribution < -0.4 is 11.1 Å². The molecule has 0 saturated heterocycles. The number of hydrogen-bond donors (Lipinski definition) is 2. The molecule has 0 aliphatic carbocycles. The molecule has 0 spiro atoms. The van der Waals surface area contributed by atoms with E-state index >= 15 is 0 Å². The van der Waals surface area contributed by atoms with Crippen molar-refractivity contribution in [2.75, 3.05) is 5.73 Å². The van der Waals surface area contributed by atoms with Crippen molar-refractivity contribution in [3.63, 3.8) is 0 Å². The topological polar surface area (TPSA) is 55.1 Å². The van der Waals surface area contributed by atoms with Crippen molar-refractivity contribution in [3.8, 4) is 0 Å². The monoisotopic (exact) mass is 332 g/mol. The van der Waals surface area contributed by atoms with Gasteiger partial charge in [-0.3, -0.25) is 4.79 Å². The summed E-state index contributed by atoms with van der Waals surface area (Å²) in [4.78, 5) is 12.0. The van der Waals surface area contributed by atoms with E-state index in [1.54, 1.807) is 0 Å². The summed E-state index contributed by atoms with van der Waals surface area (Å²) < 4.78 is 1.03. The molecule has 0 radical (unpaired) electrons. The number of carbonyl (C=O) groups excluding carboxylic acids is 1. The van der Waals surface area contributed by atoms with E-state index in [1.165, 1.54) is 0 Å². The van der Waals surface area contributed by atoms with Crippen LogP contribution in [0.15, 0.2) is 53.0 Å². The van der Waals surface area contributed by atoms with Gasteiger partial charge in [0, 0.05) is 10.2 Å². The average Bonchev–Trinajstić information content (AvgIpc) is 2.39. The molecular formula is C16H17BrN2O. The van der Waals surface area contributed by atoms with E-state index in [2.05, 4.69) is 21.2 Å². The van der Waals surface area contributed by atoms with Crippen LogP contribution in [0, 0.1) is 0 Å². The Hall–Kier alpha value is -1.81. The van der Waals surface area contributed by atoms with E-state index in [1.807, 2.05) is 55.5 Å². The van der Waals surface area contributed by atoms with Gasteiger partial charge in [-0.25, -0.2) is 0 Å². The largest absolute Gasteiger partial charge is 0.399 e. The fraction of sp³-hybridized carbons (Fsp3) is 0.188. The minimum absolute atomic E-state index is 0.00832. The zero-order valence-electron chi connectivity index (χ0n) is 11.3. The average molecular weight is 333 g/mol. The van der Waals surface area contributed by atoms with Crippen molar-refractivity contribution in [1.82, 2.24) is 5.32 Å². The number of carbonyl (C=O) groups is 1. The molecule has 1 unspecified atom stereocenters. The van der Waals surface area contributed by atoms with Gasteiger partial charge in [-0.2, -0.15) is 0 Å². The summed E-state index contributed by atoms with van der Waals surface area (Å²) in [5, 5.41) is 2.99. The normalized spacial score (nSPS) is 11.9. The molecule has 3 nitrogen and oxygen atoms in total. The second kappa shape index (κ2) is 6.57. The van der Waals surface area contributed by atoms with Gasteiger partial charge in [0.05, 0.1) is 12.5 Å². The SMILES string of the molecule is CC(NC(=O)Cc1cccc(N)c1)c1ccc(Br)cc1. The molecule has 0 aliphatic rings. The van der Waals surface area contributed by atoms with Crippen molar-refractivity contribution in [1.29, 1.82) is 0 Å². The first kappa shape index (κ1) is 14.6. The lowest BCUT2D eigenvalue weighted by Crippen LogP contribution is -2.28. The molecule has 0 aromatic heterocycles. The third-order valence-corrected chi connectivity index (χ3v) is 3.59. The maximum Gasteiger partial charge on any atom is 0.224 e. The molecule has 2 rings (SSSR count). The Bertz CT molecular complexity index is 596. The van der Waals surface area contributed by atoms with Crippen molar-refractivity contribution >= 4 is 27.5 Å². The van der Waals surface area contributed by atoms with Crippen LogP contribution in [0.1, 0.15) is 24.1 Å². The fourth-order valence-corrected chi connectivity index (χ4v) is 2.28. The molecule has 3 N–H and O–H groups in total. The molecule has 4 heteroatoms. The minimum Gasteiger partial charge on any atom is -0.399 e. The maximum absolute atomic E-state index is 12.0. The third kappa shape index (κ3) is 4.10. The highest BCUT2D eigenvalue weighted by Crippen LogP contribution is 2.16. The molecule has 0 bridgehead atoms. The summed E-state index contributed by atoms with van der Waals surface area (Å²) >= 11 is 3.40. The second-order valence-corrected chi connectivity index (χ2v) is 5.68. The summed E-state index contributed by atoms with van der Waals surface area (Å²) in [7, 11) is 0. The predicted octanol–water partition coefficient (Wildman–Crippen LogP) is 3.45. The summed E-state index contributed by atoms with van der Waals surface area (Å²) in [5.41, 5.74) is 8.38. The van der Waals surface area contributed by atoms with Crippen LogP contribution in [-0.2, 0) is 11.2 Å². The summed E-state index contributed by atoms with van der Waals surface area (Å²) in [6.45, 7) is 1.97. The number of halogens is 1. The fourth-order valence-electron chi connectivity index (χ4n) is 2.02. The second-order valence-electron chi connectivity index (χ2n) is 4.76. The molecule has 0 heterocycles. The van der Waals surface area contributed by atoms with Crippen LogP contribution in [0.3, 0.4) is 0 Å². The molecule has 104 valence electrons. The van der Waals surface area contributed by atoms with Gasteiger partial charge in [-0.15, -0.1) is 0 Å². The van der Waals surface area contributed by atoms with Gasteiger partial charge in [0.1, 0.15) is 0 Å². The number of amides is 1. The summed E-state index contributed by atoms with van der Waals surface area (Å²) in [5.74, 6) is -0.00832. The maximum atomic E-state index is 12.0. The number of benzene rings is 2. The summed E-state index contributed by atoms with van der Waals surface area (Å²) in [6.07, 6.45) is 0.339. The third-order valence-electron chi connectivity index (χ3n) is 3.06. The Morgan fingerprint density at radius 3 is 2.60 bits per heavy atom. The van der Waals surface area contributed by atoms with Gasteiger partial charge in [-0.05, 0) is 42.3 Å². The number of rotatable bonds is 4. The van der Waals surface area contributed by atoms with E-state index < -0.39 is 0 Å². The lowest BCUT2D eigenvalue weighted by atomic mass is 10.1. The van der Waals surface area contributed by atoms with E-state index in [4.69, 9.17) is 5.73 Å². The van der Waals surface area contributed by atoms with E-state index in [0.717, 1.165) is 15.6 Å². The van der Waals surface area contributed by atoms with Crippen LogP contribution in [-0.4, -0.2) is 5.91 Å². The van der Waals surface area contributed by atoms with Crippen LogP contribution >= 0.6 is 15.9 Å². The predicted molar refractivity (Wildman–Crippen MR) is 85.3 cm³/mol. The van der Waals surface area contributed by atoms with Gasteiger partial charge >= 0.3 is 0 Å². The zero-order valence-corrected chi connectivity index (χ0v) is 12.9. The van der Waals surface area contributed by atoms with Gasteiger partial charge in [0.25, 0.3) is 0 Å². The number of nitrogen functional groups attached to an aromatic ring is 1. The molecule has 0 aliphatic heterocycles. The first-order valence-corrected chi connectivity index (χ1v) is 7.23. The van der Waals surface area contributed by atoms with Crippen molar-refractivity contribution in [2.45, 2.75) is 19.4 Å². The molecule has 0 saturated carbocycles. The van der Waals surface area contributed by atoms with Crippen molar-refractivity contribution in [3.05, 3.63) is 64.1 Å². The van der Waals surface area contributed by atoms with Crippen molar-refractivity contribution in [2.24, 2.45) is 0 Å². The lowest BCUT2D eigenvalue weighted by Gasteiger charge is -2.14. The number of hydrogen-bond acceptors (Lipinski definition) is 2. The lowest BCUT2D eigenvalue weighted by molar-refractivity contribution is -0.121. The van der Waals surface area contributed by atoms with E-state index in [-0.39, 0.29) is 11.9 Å². The van der Waals surface area contributed by atoms with E-state index in [9.17, 15) is 4.79 Å². The van der Waals surface area contributed by atoms with Gasteiger partial charge in [0.15, 0.2) is 0 Å². The minimum atomic E-state index is -0.0170. The molecule has 20 heavy (non-hydrogen) atoms. The van der Waals surface area contributed by atoms with Crippen LogP contribution in [0.5, 0.6) is 0 Å². The molecule has 2 aromatic carbocycles. The summed E-state index contributed by atoms with van der Waals surface area (Å²) in [6, 6.07) is 15.3.